The fourth-order valence-electron chi connectivity index (χ4n) is 4.34. The summed E-state index contributed by atoms with van der Waals surface area (Å²) in [6.07, 6.45) is 6.67. The minimum Gasteiger partial charge on any atom is -0.496 e. The smallest absolute Gasteiger partial charge is 0.342 e. The Morgan fingerprint density at radius 3 is 2.58 bits per heavy atom. The molecule has 0 aliphatic carbocycles. The van der Waals surface area contributed by atoms with Crippen LogP contribution in [0.15, 0.2) is 48.6 Å². The van der Waals surface area contributed by atoms with Gasteiger partial charge in [-0.05, 0) is 49.9 Å². The molecule has 1 N–H and O–H groups in total. The molecule has 3 aromatic rings. The van der Waals surface area contributed by atoms with Crippen LogP contribution in [0.3, 0.4) is 0 Å². The highest BCUT2D eigenvalue weighted by atomic mass is 16.5. The normalized spacial score (nSPS) is 12.8. The summed E-state index contributed by atoms with van der Waals surface area (Å²) in [6, 6.07) is 7.68. The van der Waals surface area contributed by atoms with E-state index in [2.05, 4.69) is 15.4 Å². The standard InChI is InChI=1S/C27H30N4O5/c1-17(5-11-21-25(34-3)18(2)22-14-36-27(33)24(22)26(21)35-4)6-12-23(32)30-20-9-7-19(8-10-20)13-31-16-28-15-29-31/h5,7-10,15-16H,6,11-14H2,1-4H3,(H,30,32). The molecule has 1 aromatic heterocycles. The lowest BCUT2D eigenvalue weighted by Gasteiger charge is -2.18. The van der Waals surface area contributed by atoms with Gasteiger partial charge >= 0.3 is 5.97 Å². The SMILES string of the molecule is COc1c(C)c2c(c(OC)c1CC=C(C)CCC(=O)Nc1ccc(Cn3cncn3)cc1)C(=O)OC2. The Morgan fingerprint density at radius 1 is 1.17 bits per heavy atom. The average molecular weight is 491 g/mol. The zero-order valence-corrected chi connectivity index (χ0v) is 21.0. The number of esters is 1. The van der Waals surface area contributed by atoms with E-state index in [-0.39, 0.29) is 18.5 Å². The number of aromatic nitrogens is 3. The van der Waals surface area contributed by atoms with Gasteiger partial charge < -0.3 is 19.5 Å². The Labute approximate surface area is 210 Å². The van der Waals surface area contributed by atoms with Crippen LogP contribution in [0.2, 0.25) is 0 Å². The summed E-state index contributed by atoms with van der Waals surface area (Å²) in [5.41, 5.74) is 5.83. The van der Waals surface area contributed by atoms with Crippen molar-refractivity contribution in [2.24, 2.45) is 0 Å². The molecule has 2 heterocycles. The molecule has 0 saturated heterocycles. The summed E-state index contributed by atoms with van der Waals surface area (Å²) in [6.45, 7) is 4.75. The molecule has 0 atom stereocenters. The first-order chi connectivity index (χ1) is 17.4. The monoisotopic (exact) mass is 490 g/mol. The van der Waals surface area contributed by atoms with Gasteiger partial charge in [0.05, 0.1) is 20.8 Å². The molecule has 1 amide bonds. The van der Waals surface area contributed by atoms with E-state index in [1.54, 1.807) is 25.2 Å². The third kappa shape index (κ3) is 5.40. The van der Waals surface area contributed by atoms with Crippen LogP contribution < -0.4 is 14.8 Å². The van der Waals surface area contributed by atoms with Crippen LogP contribution >= 0.6 is 0 Å². The van der Waals surface area contributed by atoms with Crippen LogP contribution in [0.4, 0.5) is 5.69 Å². The molecule has 0 radical (unpaired) electrons. The highest BCUT2D eigenvalue weighted by Crippen LogP contribution is 2.42. The Bertz CT molecular complexity index is 1280. The molecular weight excluding hydrogens is 460 g/mol. The lowest BCUT2D eigenvalue weighted by molar-refractivity contribution is -0.116. The number of allylic oxidation sites excluding steroid dienone is 2. The molecule has 1 aliphatic heterocycles. The van der Waals surface area contributed by atoms with Crippen molar-refractivity contribution >= 4 is 17.6 Å². The van der Waals surface area contributed by atoms with Crippen molar-refractivity contribution in [2.75, 3.05) is 19.5 Å². The highest BCUT2D eigenvalue weighted by Gasteiger charge is 2.32. The number of hydrogen-bond donors (Lipinski definition) is 1. The molecule has 0 saturated carbocycles. The fourth-order valence-corrected chi connectivity index (χ4v) is 4.34. The lowest BCUT2D eigenvalue weighted by Crippen LogP contribution is -2.11. The lowest BCUT2D eigenvalue weighted by atomic mass is 9.94. The summed E-state index contributed by atoms with van der Waals surface area (Å²) < 4.78 is 18.2. The maximum Gasteiger partial charge on any atom is 0.342 e. The van der Waals surface area contributed by atoms with Gasteiger partial charge in [-0.25, -0.2) is 14.5 Å². The molecule has 9 nitrogen and oxygen atoms in total. The second kappa shape index (κ2) is 11.1. The van der Waals surface area contributed by atoms with Gasteiger partial charge in [0, 0.05) is 23.2 Å². The van der Waals surface area contributed by atoms with E-state index in [0.717, 1.165) is 33.5 Å². The fraction of sp³-hybridized carbons (Fsp3) is 0.333. The van der Waals surface area contributed by atoms with E-state index in [4.69, 9.17) is 14.2 Å². The molecule has 2 aromatic carbocycles. The van der Waals surface area contributed by atoms with E-state index in [1.165, 1.54) is 6.33 Å². The van der Waals surface area contributed by atoms with Crippen molar-refractivity contribution in [1.82, 2.24) is 14.8 Å². The van der Waals surface area contributed by atoms with E-state index < -0.39 is 0 Å². The van der Waals surface area contributed by atoms with Crippen LogP contribution in [0.25, 0.3) is 0 Å². The first-order valence-electron chi connectivity index (χ1n) is 11.7. The largest absolute Gasteiger partial charge is 0.496 e. The van der Waals surface area contributed by atoms with Gasteiger partial charge in [0.1, 0.15) is 36.3 Å². The Balaban J connectivity index is 1.36. The maximum atomic E-state index is 12.5. The summed E-state index contributed by atoms with van der Waals surface area (Å²) >= 11 is 0. The first kappa shape index (κ1) is 25.0. The number of carbonyl (C=O) groups excluding carboxylic acids is 2. The van der Waals surface area contributed by atoms with Crippen molar-refractivity contribution in [1.29, 1.82) is 0 Å². The zero-order valence-electron chi connectivity index (χ0n) is 21.0. The Morgan fingerprint density at radius 2 is 1.92 bits per heavy atom. The van der Waals surface area contributed by atoms with E-state index in [0.29, 0.717) is 42.9 Å². The second-order valence-electron chi connectivity index (χ2n) is 8.69. The molecule has 36 heavy (non-hydrogen) atoms. The number of carbonyl (C=O) groups is 2. The van der Waals surface area contributed by atoms with Crippen LogP contribution in [0.1, 0.15) is 52.4 Å². The van der Waals surface area contributed by atoms with Crippen LogP contribution in [0, 0.1) is 6.92 Å². The number of nitrogens with one attached hydrogen (secondary N) is 1. The molecular formula is C27H30N4O5. The molecule has 0 bridgehead atoms. The minimum atomic E-state index is -0.377. The van der Waals surface area contributed by atoms with Crippen LogP contribution in [-0.4, -0.2) is 40.9 Å². The predicted octanol–water partition coefficient (Wildman–Crippen LogP) is 4.23. The number of benzene rings is 2. The Hall–Kier alpha value is -4.14. The number of hydrogen-bond acceptors (Lipinski definition) is 7. The molecule has 4 rings (SSSR count). The van der Waals surface area contributed by atoms with Gasteiger partial charge in [-0.1, -0.05) is 23.8 Å². The number of anilines is 1. The van der Waals surface area contributed by atoms with Crippen LogP contribution in [0.5, 0.6) is 11.5 Å². The number of amides is 1. The molecule has 0 unspecified atom stereocenters. The molecule has 0 fully saturated rings. The number of nitrogens with zero attached hydrogens (tertiary/aromatic N) is 3. The van der Waals surface area contributed by atoms with E-state index >= 15 is 0 Å². The topological polar surface area (TPSA) is 105 Å². The maximum absolute atomic E-state index is 12.5. The van der Waals surface area contributed by atoms with Crippen molar-refractivity contribution in [3.63, 3.8) is 0 Å². The Kier molecular flexibility index (Phi) is 7.68. The van der Waals surface area contributed by atoms with Gasteiger partial charge in [0.2, 0.25) is 5.91 Å². The third-order valence-corrected chi connectivity index (χ3v) is 6.28. The number of cyclic esters (lactones) is 1. The number of methoxy groups -OCH3 is 2. The van der Waals surface area contributed by atoms with E-state index in [9.17, 15) is 9.59 Å². The van der Waals surface area contributed by atoms with Crippen molar-refractivity contribution in [3.05, 3.63) is 76.4 Å². The molecule has 9 heteroatoms. The number of fused-ring (bicyclic) bond motifs is 1. The van der Waals surface area contributed by atoms with Gasteiger partial charge in [0.15, 0.2) is 0 Å². The van der Waals surface area contributed by atoms with E-state index in [1.807, 2.05) is 44.2 Å². The van der Waals surface area contributed by atoms with Gasteiger partial charge in [0.25, 0.3) is 0 Å². The summed E-state index contributed by atoms with van der Waals surface area (Å²) in [5, 5.41) is 7.04. The number of rotatable bonds is 10. The average Bonchev–Trinajstić information content (AvgIpc) is 3.53. The van der Waals surface area contributed by atoms with Crippen molar-refractivity contribution in [2.45, 2.75) is 46.3 Å². The molecule has 188 valence electrons. The van der Waals surface area contributed by atoms with Gasteiger partial charge in [-0.15, -0.1) is 0 Å². The van der Waals surface area contributed by atoms with Gasteiger partial charge in [-0.3, -0.25) is 4.79 Å². The van der Waals surface area contributed by atoms with Crippen LogP contribution in [-0.2, 0) is 29.1 Å². The molecule has 1 aliphatic rings. The highest BCUT2D eigenvalue weighted by molar-refractivity contribution is 5.98. The van der Waals surface area contributed by atoms with Gasteiger partial charge in [-0.2, -0.15) is 5.10 Å². The van der Waals surface area contributed by atoms with Crippen molar-refractivity contribution in [3.8, 4) is 11.5 Å². The summed E-state index contributed by atoms with van der Waals surface area (Å²) in [5.74, 6) is 0.748. The van der Waals surface area contributed by atoms with Crippen molar-refractivity contribution < 1.29 is 23.8 Å². The first-order valence-corrected chi connectivity index (χ1v) is 11.7. The predicted molar refractivity (Wildman–Crippen MR) is 134 cm³/mol. The second-order valence-corrected chi connectivity index (χ2v) is 8.69. The zero-order chi connectivity index (χ0) is 25.7. The molecule has 0 spiro atoms. The third-order valence-electron chi connectivity index (χ3n) is 6.28. The summed E-state index contributed by atoms with van der Waals surface area (Å²) in [4.78, 5) is 28.7. The quantitative estimate of drug-likeness (QED) is 0.335. The minimum absolute atomic E-state index is 0.0574. The summed E-state index contributed by atoms with van der Waals surface area (Å²) in [7, 11) is 3.15. The number of ether oxygens (including phenoxy) is 3.